The Morgan fingerprint density at radius 3 is 2.39 bits per heavy atom. The van der Waals surface area contributed by atoms with Gasteiger partial charge in [0.2, 0.25) is 0 Å². The molecule has 0 aliphatic carbocycles. The maximum atomic E-state index is 4.41. The highest BCUT2D eigenvalue weighted by Crippen LogP contribution is 2.14. The highest BCUT2D eigenvalue weighted by molar-refractivity contribution is 9.10. The van der Waals surface area contributed by atoms with E-state index >= 15 is 0 Å². The predicted molar refractivity (Wildman–Crippen MR) is 81.2 cm³/mol. The van der Waals surface area contributed by atoms with Crippen molar-refractivity contribution in [1.29, 1.82) is 0 Å². The fourth-order valence-corrected chi connectivity index (χ4v) is 1.98. The Morgan fingerprint density at radius 1 is 1.06 bits per heavy atom. The molecule has 2 aromatic rings. The monoisotopic (exact) mass is 302 g/mol. The number of nitrogens with one attached hydrogen (secondary N) is 1. The van der Waals surface area contributed by atoms with Crippen LogP contribution in [0.15, 0.2) is 58.1 Å². The van der Waals surface area contributed by atoms with Gasteiger partial charge in [-0.15, -0.1) is 0 Å². The fraction of sp³-hybridized carbons (Fsp3) is 0.133. The molecule has 0 amide bonds. The third kappa shape index (κ3) is 3.20. The Kier molecular flexibility index (Phi) is 4.15. The lowest BCUT2D eigenvalue weighted by molar-refractivity contribution is 1.31. The lowest BCUT2D eigenvalue weighted by atomic mass is 10.1. The highest BCUT2D eigenvalue weighted by atomic mass is 79.9. The van der Waals surface area contributed by atoms with E-state index in [1.807, 2.05) is 43.3 Å². The molecule has 2 aromatic carbocycles. The van der Waals surface area contributed by atoms with E-state index in [1.165, 1.54) is 11.1 Å². The molecular formula is C15H15BrN2. The summed E-state index contributed by atoms with van der Waals surface area (Å²) in [6, 6.07) is 16.2. The second-order valence-corrected chi connectivity index (χ2v) is 5.05. The zero-order chi connectivity index (χ0) is 13.0. The zero-order valence-electron chi connectivity index (χ0n) is 10.4. The Hall–Kier alpha value is -1.61. The van der Waals surface area contributed by atoms with Gasteiger partial charge in [-0.1, -0.05) is 40.2 Å². The average Bonchev–Trinajstić information content (AvgIpc) is 2.38. The van der Waals surface area contributed by atoms with Crippen molar-refractivity contribution in [2.75, 3.05) is 5.43 Å². The Bertz CT molecular complexity index is 559. The van der Waals surface area contributed by atoms with Crippen LogP contribution in [0.4, 0.5) is 5.69 Å². The number of rotatable bonds is 3. The van der Waals surface area contributed by atoms with Gasteiger partial charge in [0, 0.05) is 10.0 Å². The van der Waals surface area contributed by atoms with Gasteiger partial charge >= 0.3 is 0 Å². The molecule has 0 unspecified atom stereocenters. The summed E-state index contributed by atoms with van der Waals surface area (Å²) in [5, 5.41) is 4.41. The van der Waals surface area contributed by atoms with Gasteiger partial charge in [0.15, 0.2) is 0 Å². The first kappa shape index (κ1) is 12.8. The molecule has 0 aliphatic heterocycles. The maximum absolute atomic E-state index is 4.41. The van der Waals surface area contributed by atoms with Gasteiger partial charge < -0.3 is 0 Å². The number of hydrogen-bond acceptors (Lipinski definition) is 2. The van der Waals surface area contributed by atoms with Crippen molar-refractivity contribution in [2.24, 2.45) is 5.10 Å². The zero-order valence-corrected chi connectivity index (χ0v) is 12.0. The van der Waals surface area contributed by atoms with Crippen LogP contribution in [0.3, 0.4) is 0 Å². The molecule has 0 fully saturated rings. The first-order chi connectivity index (χ1) is 8.66. The summed E-state index contributed by atoms with van der Waals surface area (Å²) < 4.78 is 1.06. The summed E-state index contributed by atoms with van der Waals surface area (Å²) in [5.74, 6) is 0. The number of hydrogen-bond donors (Lipinski definition) is 1. The van der Waals surface area contributed by atoms with Crippen molar-refractivity contribution in [3.8, 4) is 0 Å². The first-order valence-corrected chi connectivity index (χ1v) is 6.58. The number of halogens is 1. The molecule has 0 saturated heterocycles. The van der Waals surface area contributed by atoms with E-state index in [2.05, 4.69) is 45.5 Å². The molecule has 3 heteroatoms. The maximum Gasteiger partial charge on any atom is 0.0651 e. The van der Waals surface area contributed by atoms with Crippen LogP contribution in [0.25, 0.3) is 0 Å². The summed E-state index contributed by atoms with van der Waals surface area (Å²) in [6.07, 6.45) is 0. The van der Waals surface area contributed by atoms with E-state index in [9.17, 15) is 0 Å². The van der Waals surface area contributed by atoms with Gasteiger partial charge in [-0.3, -0.25) is 5.43 Å². The summed E-state index contributed by atoms with van der Waals surface area (Å²) in [5.41, 5.74) is 7.43. The number of nitrogens with zero attached hydrogens (tertiary/aromatic N) is 1. The van der Waals surface area contributed by atoms with E-state index in [0.717, 1.165) is 15.9 Å². The van der Waals surface area contributed by atoms with Gasteiger partial charge in [0.05, 0.1) is 11.4 Å². The smallest absolute Gasteiger partial charge is 0.0651 e. The van der Waals surface area contributed by atoms with Crippen molar-refractivity contribution in [3.05, 3.63) is 64.1 Å². The SMILES string of the molecule is C/C(=N\Nc1ccc(Br)cc1)c1ccccc1C. The summed E-state index contributed by atoms with van der Waals surface area (Å²) >= 11 is 3.41. The molecule has 0 heterocycles. The van der Waals surface area contributed by atoms with Gasteiger partial charge in [-0.2, -0.15) is 5.10 Å². The number of anilines is 1. The van der Waals surface area contributed by atoms with Gasteiger partial charge in [0.1, 0.15) is 0 Å². The predicted octanol–water partition coefficient (Wildman–Crippen LogP) is 4.59. The van der Waals surface area contributed by atoms with Crippen LogP contribution in [0, 0.1) is 6.92 Å². The van der Waals surface area contributed by atoms with Crippen molar-refractivity contribution in [3.63, 3.8) is 0 Å². The summed E-state index contributed by atoms with van der Waals surface area (Å²) in [6.45, 7) is 4.10. The molecule has 0 radical (unpaired) electrons. The van der Waals surface area contributed by atoms with Crippen molar-refractivity contribution in [1.82, 2.24) is 0 Å². The Labute approximate surface area is 116 Å². The number of hydrazone groups is 1. The molecule has 18 heavy (non-hydrogen) atoms. The molecule has 0 bridgehead atoms. The molecule has 0 atom stereocenters. The van der Waals surface area contributed by atoms with Crippen LogP contribution < -0.4 is 5.43 Å². The normalized spacial score (nSPS) is 11.4. The van der Waals surface area contributed by atoms with Crippen molar-refractivity contribution in [2.45, 2.75) is 13.8 Å². The largest absolute Gasteiger partial charge is 0.278 e. The standard InChI is InChI=1S/C15H15BrN2/c1-11-5-3-4-6-15(11)12(2)17-18-14-9-7-13(16)8-10-14/h3-10,18H,1-2H3/b17-12+. The second kappa shape index (κ2) is 5.83. The van der Waals surface area contributed by atoms with Crippen molar-refractivity contribution >= 4 is 27.3 Å². The van der Waals surface area contributed by atoms with E-state index in [4.69, 9.17) is 0 Å². The molecule has 0 aliphatic rings. The summed E-state index contributed by atoms with van der Waals surface area (Å²) in [7, 11) is 0. The van der Waals surface area contributed by atoms with E-state index < -0.39 is 0 Å². The lowest BCUT2D eigenvalue weighted by Crippen LogP contribution is -2.01. The van der Waals surface area contributed by atoms with Gasteiger partial charge in [-0.05, 0) is 43.7 Å². The molecule has 0 spiro atoms. The first-order valence-electron chi connectivity index (χ1n) is 5.78. The lowest BCUT2D eigenvalue weighted by Gasteiger charge is -2.06. The molecule has 1 N–H and O–H groups in total. The molecule has 0 saturated carbocycles. The van der Waals surface area contributed by atoms with Crippen LogP contribution >= 0.6 is 15.9 Å². The van der Waals surface area contributed by atoms with E-state index in [-0.39, 0.29) is 0 Å². The molecule has 0 aromatic heterocycles. The Morgan fingerprint density at radius 2 is 1.72 bits per heavy atom. The molecular weight excluding hydrogens is 288 g/mol. The molecule has 2 rings (SSSR count). The van der Waals surface area contributed by atoms with Crippen molar-refractivity contribution < 1.29 is 0 Å². The van der Waals surface area contributed by atoms with Gasteiger partial charge in [0.25, 0.3) is 0 Å². The highest BCUT2D eigenvalue weighted by Gasteiger charge is 2.00. The van der Waals surface area contributed by atoms with E-state index in [0.29, 0.717) is 0 Å². The topological polar surface area (TPSA) is 24.4 Å². The Balaban J connectivity index is 2.14. The number of aryl methyl sites for hydroxylation is 1. The molecule has 2 nitrogen and oxygen atoms in total. The van der Waals surface area contributed by atoms with Gasteiger partial charge in [-0.25, -0.2) is 0 Å². The minimum absolute atomic E-state index is 0.978. The van der Waals surface area contributed by atoms with Crippen LogP contribution in [-0.4, -0.2) is 5.71 Å². The molecule has 92 valence electrons. The minimum atomic E-state index is 0.978. The fourth-order valence-electron chi connectivity index (χ4n) is 1.71. The second-order valence-electron chi connectivity index (χ2n) is 4.13. The van der Waals surface area contributed by atoms with Crippen LogP contribution in [0.1, 0.15) is 18.1 Å². The number of benzene rings is 2. The quantitative estimate of drug-likeness (QED) is 0.650. The third-order valence-electron chi connectivity index (χ3n) is 2.73. The van der Waals surface area contributed by atoms with Crippen LogP contribution in [-0.2, 0) is 0 Å². The minimum Gasteiger partial charge on any atom is -0.278 e. The van der Waals surface area contributed by atoms with Crippen LogP contribution in [0.5, 0.6) is 0 Å². The third-order valence-corrected chi connectivity index (χ3v) is 3.26. The average molecular weight is 303 g/mol. The van der Waals surface area contributed by atoms with E-state index in [1.54, 1.807) is 0 Å². The summed E-state index contributed by atoms with van der Waals surface area (Å²) in [4.78, 5) is 0. The van der Waals surface area contributed by atoms with Crippen LogP contribution in [0.2, 0.25) is 0 Å².